The molecule has 2 aromatic heterocycles. The van der Waals surface area contributed by atoms with Crippen LogP contribution in [0.1, 0.15) is 28.4 Å². The molecule has 5 N–H and O–H groups in total. The summed E-state index contributed by atoms with van der Waals surface area (Å²) < 4.78 is 45.6. The second kappa shape index (κ2) is 7.80. The van der Waals surface area contributed by atoms with Gasteiger partial charge in [0.1, 0.15) is 11.3 Å². The molecule has 5 rings (SSSR count). The molecule has 0 bridgehead atoms. The molecule has 1 aliphatic rings. The predicted molar refractivity (Wildman–Crippen MR) is 117 cm³/mol. The minimum absolute atomic E-state index is 0.128. The van der Waals surface area contributed by atoms with Crippen LogP contribution in [0.4, 0.5) is 13.2 Å². The molecule has 8 nitrogen and oxygen atoms in total. The summed E-state index contributed by atoms with van der Waals surface area (Å²) in [4.78, 5) is 30.8. The lowest BCUT2D eigenvalue weighted by molar-refractivity contribution is -0.690. The number of rotatable bonds is 3. The molecule has 4 aromatic rings. The number of halogens is 3. The molecule has 34 heavy (non-hydrogen) atoms. The molecule has 11 heteroatoms. The summed E-state index contributed by atoms with van der Waals surface area (Å²) in [5.41, 5.74) is -0.752. The fourth-order valence-corrected chi connectivity index (χ4v) is 4.56. The van der Waals surface area contributed by atoms with Crippen molar-refractivity contribution in [2.45, 2.75) is 18.6 Å². The average Bonchev–Trinajstić information content (AvgIpc) is 3.17. The van der Waals surface area contributed by atoms with Crippen molar-refractivity contribution < 1.29 is 28.3 Å². The number of nitrogens with zero attached hydrogens (tertiary/aromatic N) is 1. The lowest BCUT2D eigenvalue weighted by Crippen LogP contribution is -2.87. The van der Waals surface area contributed by atoms with E-state index >= 15 is 0 Å². The van der Waals surface area contributed by atoms with Crippen molar-refractivity contribution in [3.8, 4) is 17.3 Å². The predicted octanol–water partition coefficient (Wildman–Crippen LogP) is 1.95. The van der Waals surface area contributed by atoms with Gasteiger partial charge in [0.2, 0.25) is 5.88 Å². The molecule has 2 aromatic carbocycles. The molecule has 1 aliphatic heterocycles. The summed E-state index contributed by atoms with van der Waals surface area (Å²) >= 11 is 0. The zero-order valence-electron chi connectivity index (χ0n) is 17.9. The smallest absolute Gasteiger partial charge is 0.416 e. The van der Waals surface area contributed by atoms with E-state index in [1.54, 1.807) is 13.2 Å². The first-order valence-electron chi connectivity index (χ1n) is 10.5. The number of hydrogen-bond acceptors (Lipinski definition) is 4. The van der Waals surface area contributed by atoms with Crippen LogP contribution in [0.5, 0.6) is 11.6 Å². The van der Waals surface area contributed by atoms with Gasteiger partial charge in [-0.3, -0.25) is 9.78 Å². The van der Waals surface area contributed by atoms with Crippen LogP contribution in [-0.4, -0.2) is 33.3 Å². The van der Waals surface area contributed by atoms with Crippen LogP contribution in [0.15, 0.2) is 52.1 Å². The molecule has 1 atom stereocenters. The highest BCUT2D eigenvalue weighted by Gasteiger charge is 2.35. The first-order valence-corrected chi connectivity index (χ1v) is 10.5. The van der Waals surface area contributed by atoms with Gasteiger partial charge in [-0.1, -0.05) is 6.07 Å². The number of benzene rings is 2. The highest BCUT2D eigenvalue weighted by Crippen LogP contribution is 2.35. The second-order valence-electron chi connectivity index (χ2n) is 8.06. The lowest BCUT2D eigenvalue weighted by Gasteiger charge is -2.22. The minimum Gasteiger partial charge on any atom is -0.497 e. The van der Waals surface area contributed by atoms with E-state index in [0.717, 1.165) is 34.7 Å². The Morgan fingerprint density at radius 2 is 1.94 bits per heavy atom. The SMILES string of the molecule is COc1ccc2[nH]c3c(c2c1)CC[NH2+][C@@H]3c1c(O)n(-c2cccc(C(F)(F)F)c2)c(=O)[nH]c1=O. The molecular weight excluding hydrogens is 453 g/mol. The van der Waals surface area contributed by atoms with Crippen LogP contribution in [0.3, 0.4) is 0 Å². The van der Waals surface area contributed by atoms with Crippen LogP contribution in [0, 0.1) is 0 Å². The van der Waals surface area contributed by atoms with E-state index in [1.165, 1.54) is 6.07 Å². The van der Waals surface area contributed by atoms with Crippen molar-refractivity contribution in [1.29, 1.82) is 0 Å². The normalized spacial score (nSPS) is 15.9. The fourth-order valence-electron chi connectivity index (χ4n) is 4.56. The Morgan fingerprint density at radius 3 is 2.68 bits per heavy atom. The molecule has 176 valence electrons. The van der Waals surface area contributed by atoms with Gasteiger partial charge >= 0.3 is 11.9 Å². The van der Waals surface area contributed by atoms with Gasteiger partial charge < -0.3 is 20.1 Å². The Morgan fingerprint density at radius 1 is 1.15 bits per heavy atom. The lowest BCUT2D eigenvalue weighted by atomic mass is 9.95. The van der Waals surface area contributed by atoms with E-state index in [9.17, 15) is 27.9 Å². The monoisotopic (exact) mass is 473 g/mol. The zero-order valence-corrected chi connectivity index (χ0v) is 17.9. The highest BCUT2D eigenvalue weighted by atomic mass is 19.4. The Bertz CT molecular complexity index is 1530. The number of aromatic hydroxyl groups is 1. The van der Waals surface area contributed by atoms with Gasteiger partial charge in [0.05, 0.1) is 30.6 Å². The number of quaternary nitrogens is 1. The van der Waals surface area contributed by atoms with E-state index in [4.69, 9.17) is 4.74 Å². The van der Waals surface area contributed by atoms with Crippen molar-refractivity contribution >= 4 is 10.9 Å². The topological polar surface area (TPSA) is 117 Å². The van der Waals surface area contributed by atoms with Gasteiger partial charge in [0.15, 0.2) is 6.04 Å². The van der Waals surface area contributed by atoms with Gasteiger partial charge in [-0.2, -0.15) is 13.2 Å². The number of fused-ring (bicyclic) bond motifs is 3. The molecule has 0 unspecified atom stereocenters. The van der Waals surface area contributed by atoms with Crippen LogP contribution in [0.25, 0.3) is 16.6 Å². The third kappa shape index (κ3) is 3.45. The average molecular weight is 473 g/mol. The molecule has 0 amide bonds. The molecular formula is C23H20F3N4O4+. The summed E-state index contributed by atoms with van der Waals surface area (Å²) in [6.07, 6.45) is -3.96. The summed E-state index contributed by atoms with van der Waals surface area (Å²) in [6, 6.07) is 8.79. The first kappa shape index (κ1) is 21.8. The summed E-state index contributed by atoms with van der Waals surface area (Å²) in [7, 11) is 1.56. The van der Waals surface area contributed by atoms with Gasteiger partial charge in [-0.15, -0.1) is 0 Å². The number of nitrogens with one attached hydrogen (secondary N) is 2. The van der Waals surface area contributed by atoms with Crippen LogP contribution >= 0.6 is 0 Å². The molecule has 0 radical (unpaired) electrons. The number of methoxy groups -OCH3 is 1. The van der Waals surface area contributed by atoms with E-state index in [-0.39, 0.29) is 11.3 Å². The minimum atomic E-state index is -4.64. The molecule has 0 aliphatic carbocycles. The number of nitrogens with two attached hydrogens (primary N) is 1. The number of ether oxygens (including phenoxy) is 1. The Hall–Kier alpha value is -3.99. The molecule has 0 saturated carbocycles. The maximum absolute atomic E-state index is 13.2. The number of alkyl halides is 3. The van der Waals surface area contributed by atoms with Crippen molar-refractivity contribution in [2.24, 2.45) is 0 Å². The Kier molecular flexibility index (Phi) is 5.01. The number of aromatic amines is 2. The zero-order chi connectivity index (χ0) is 24.2. The Labute approximate surface area is 189 Å². The van der Waals surface area contributed by atoms with E-state index in [0.29, 0.717) is 29.0 Å². The van der Waals surface area contributed by atoms with Crippen LogP contribution in [-0.2, 0) is 12.6 Å². The van der Waals surface area contributed by atoms with Crippen LogP contribution in [0.2, 0.25) is 0 Å². The maximum Gasteiger partial charge on any atom is 0.416 e. The van der Waals surface area contributed by atoms with E-state index in [2.05, 4.69) is 9.97 Å². The highest BCUT2D eigenvalue weighted by molar-refractivity contribution is 5.86. The van der Waals surface area contributed by atoms with Gasteiger partial charge in [0.25, 0.3) is 5.56 Å². The fraction of sp³-hybridized carbons (Fsp3) is 0.217. The number of hydrogen-bond donors (Lipinski definition) is 4. The number of H-pyrrole nitrogens is 2. The van der Waals surface area contributed by atoms with Crippen molar-refractivity contribution in [1.82, 2.24) is 14.5 Å². The second-order valence-corrected chi connectivity index (χ2v) is 8.06. The van der Waals surface area contributed by atoms with E-state index < -0.39 is 34.9 Å². The van der Waals surface area contributed by atoms with Gasteiger partial charge in [0, 0.05) is 17.3 Å². The molecule has 0 fully saturated rings. The standard InChI is InChI=1S/C23H19F3N4O4/c1-34-13-5-6-16-15(10-13)14-7-8-27-19(18(14)28-16)17-20(31)29-22(33)30(21(17)32)12-4-2-3-11(9-12)23(24,25)26/h2-6,9-10,19,27-28,32H,7-8H2,1H3,(H,29,31,33)/p+1/t19-/m1/s1. The van der Waals surface area contributed by atoms with Crippen molar-refractivity contribution in [3.63, 3.8) is 0 Å². The molecule has 0 saturated heterocycles. The third-order valence-corrected chi connectivity index (χ3v) is 6.12. The van der Waals surface area contributed by atoms with Crippen molar-refractivity contribution in [2.75, 3.05) is 13.7 Å². The molecule has 0 spiro atoms. The Balaban J connectivity index is 1.70. The summed E-state index contributed by atoms with van der Waals surface area (Å²) in [6.45, 7) is 0.587. The first-order chi connectivity index (χ1) is 16.2. The number of aromatic nitrogens is 3. The van der Waals surface area contributed by atoms with E-state index in [1.807, 2.05) is 17.4 Å². The van der Waals surface area contributed by atoms with Gasteiger partial charge in [-0.25, -0.2) is 9.36 Å². The largest absolute Gasteiger partial charge is 0.497 e. The molecule has 3 heterocycles. The summed E-state index contributed by atoms with van der Waals surface area (Å²) in [5.74, 6) is -0.0439. The maximum atomic E-state index is 13.2. The quantitative estimate of drug-likeness (QED) is 0.364. The summed E-state index contributed by atoms with van der Waals surface area (Å²) in [5, 5.41) is 13.8. The van der Waals surface area contributed by atoms with Crippen LogP contribution < -0.4 is 21.3 Å². The van der Waals surface area contributed by atoms with Gasteiger partial charge in [-0.05, 0) is 42.0 Å². The third-order valence-electron chi connectivity index (χ3n) is 6.12. The van der Waals surface area contributed by atoms with Crippen molar-refractivity contribution in [3.05, 3.63) is 85.7 Å².